The highest BCUT2D eigenvalue weighted by Gasteiger charge is 2.37. The van der Waals surface area contributed by atoms with Crippen molar-refractivity contribution in [1.29, 1.82) is 5.26 Å². The van der Waals surface area contributed by atoms with Crippen LogP contribution in [0.15, 0.2) is 53.4 Å². The summed E-state index contributed by atoms with van der Waals surface area (Å²) in [7, 11) is 0. The number of thioether (sulfide) groups is 1. The molecule has 0 bridgehead atoms. The van der Waals surface area contributed by atoms with E-state index in [2.05, 4.69) is 0 Å². The molecule has 1 atom stereocenters. The third-order valence-corrected chi connectivity index (χ3v) is 9.32. The van der Waals surface area contributed by atoms with Crippen molar-refractivity contribution in [3.8, 4) is 11.8 Å². The summed E-state index contributed by atoms with van der Waals surface area (Å²) in [5.41, 5.74) is 7.06. The van der Waals surface area contributed by atoms with E-state index < -0.39 is 41.3 Å². The van der Waals surface area contributed by atoms with E-state index in [1.165, 1.54) is 23.1 Å². The fourth-order valence-corrected chi connectivity index (χ4v) is 6.73. The average molecular weight is 639 g/mol. The van der Waals surface area contributed by atoms with Crippen LogP contribution in [0.2, 0.25) is 0 Å². The number of carbonyl (C=O) groups is 3. The number of carboxylic acids is 1. The molecular formula is C32H29F3N4O5S. The van der Waals surface area contributed by atoms with Gasteiger partial charge in [0.15, 0.2) is 0 Å². The van der Waals surface area contributed by atoms with E-state index in [0.717, 1.165) is 11.8 Å². The minimum absolute atomic E-state index is 0.0352. The van der Waals surface area contributed by atoms with Crippen molar-refractivity contribution >= 4 is 35.2 Å². The molecule has 0 aliphatic carbocycles. The molecule has 0 radical (unpaired) electrons. The maximum Gasteiger partial charge on any atom is 0.303 e. The SMILES string of the molecule is N#Cc1ccc(N2CCC(Sc3c(F)cc(COc4cccc5c4CN(C(CCC(=O)O)C(N)=O)C5=O)cc3F)CC2)c(F)c1. The Morgan fingerprint density at radius 3 is 2.42 bits per heavy atom. The molecule has 0 spiro atoms. The zero-order valence-electron chi connectivity index (χ0n) is 24.0. The molecule has 3 aromatic carbocycles. The molecule has 3 N–H and O–H groups in total. The summed E-state index contributed by atoms with van der Waals surface area (Å²) in [6.45, 7) is 0.760. The number of hydrogen-bond acceptors (Lipinski definition) is 7. The number of aliphatic carboxylic acids is 1. The number of carboxylic acid groups (broad SMARTS) is 1. The van der Waals surface area contributed by atoms with E-state index in [1.54, 1.807) is 30.3 Å². The molecular weight excluding hydrogens is 609 g/mol. The Morgan fingerprint density at radius 1 is 1.09 bits per heavy atom. The van der Waals surface area contributed by atoms with Crippen LogP contribution in [0.5, 0.6) is 5.75 Å². The Balaban J connectivity index is 1.21. The van der Waals surface area contributed by atoms with Crippen molar-refractivity contribution in [2.45, 2.75) is 55.0 Å². The smallest absolute Gasteiger partial charge is 0.303 e. The molecule has 1 fully saturated rings. The van der Waals surface area contributed by atoms with Gasteiger partial charge in [-0.25, -0.2) is 13.2 Å². The predicted molar refractivity (Wildman–Crippen MR) is 159 cm³/mol. The number of anilines is 1. The van der Waals surface area contributed by atoms with Gasteiger partial charge in [0, 0.05) is 35.9 Å². The van der Waals surface area contributed by atoms with Crippen LogP contribution in [0.4, 0.5) is 18.9 Å². The van der Waals surface area contributed by atoms with Crippen LogP contribution in [0.3, 0.4) is 0 Å². The van der Waals surface area contributed by atoms with E-state index in [4.69, 9.17) is 20.8 Å². The van der Waals surface area contributed by atoms with Crippen LogP contribution in [0, 0.1) is 28.8 Å². The van der Waals surface area contributed by atoms with Gasteiger partial charge in [0.05, 0.1) is 28.8 Å². The number of nitrogens with two attached hydrogens (primary N) is 1. The quantitative estimate of drug-likeness (QED) is 0.300. The standard InChI is InChI=1S/C32H29F3N4O5S/c33-23-12-18(15-36)4-5-26(23)38-10-8-20(9-11-38)45-30-24(34)13-19(14-25(30)35)17-44-28-3-1-2-21-22(28)16-39(32(21)43)27(31(37)42)6-7-29(40)41/h1-5,12-14,20,27H,6-11,16-17H2,(H2,37,42)(H,40,41). The summed E-state index contributed by atoms with van der Waals surface area (Å²) in [5, 5.41) is 17.9. The van der Waals surface area contributed by atoms with Crippen molar-refractivity contribution in [2.24, 2.45) is 5.73 Å². The number of halogens is 3. The average Bonchev–Trinajstić information content (AvgIpc) is 3.34. The van der Waals surface area contributed by atoms with Gasteiger partial charge in [-0.15, -0.1) is 11.8 Å². The van der Waals surface area contributed by atoms with E-state index in [9.17, 15) is 18.8 Å². The van der Waals surface area contributed by atoms with Crippen molar-refractivity contribution in [3.63, 3.8) is 0 Å². The van der Waals surface area contributed by atoms with E-state index in [0.29, 0.717) is 37.2 Å². The van der Waals surface area contributed by atoms with Gasteiger partial charge in [-0.2, -0.15) is 5.26 Å². The first-order chi connectivity index (χ1) is 21.5. The summed E-state index contributed by atoms with van der Waals surface area (Å²) in [6.07, 6.45) is 0.670. The summed E-state index contributed by atoms with van der Waals surface area (Å²) in [4.78, 5) is 39.0. The second kappa shape index (κ2) is 13.5. The zero-order valence-corrected chi connectivity index (χ0v) is 24.8. The lowest BCUT2D eigenvalue weighted by molar-refractivity contribution is -0.137. The van der Waals surface area contributed by atoms with Crippen molar-refractivity contribution in [1.82, 2.24) is 4.90 Å². The number of amides is 2. The fourth-order valence-electron chi connectivity index (χ4n) is 5.61. The van der Waals surface area contributed by atoms with Crippen molar-refractivity contribution < 1.29 is 37.4 Å². The van der Waals surface area contributed by atoms with Crippen LogP contribution in [0.25, 0.3) is 0 Å². The number of benzene rings is 3. The Kier molecular flexibility index (Phi) is 9.53. The first kappa shape index (κ1) is 31.7. The molecule has 2 aliphatic rings. The molecule has 234 valence electrons. The molecule has 45 heavy (non-hydrogen) atoms. The first-order valence-corrected chi connectivity index (χ1v) is 15.1. The maximum atomic E-state index is 15.1. The van der Waals surface area contributed by atoms with Gasteiger partial charge >= 0.3 is 5.97 Å². The molecule has 9 nitrogen and oxygen atoms in total. The van der Waals surface area contributed by atoms with Gasteiger partial charge < -0.3 is 25.4 Å². The van der Waals surface area contributed by atoms with E-state index in [-0.39, 0.29) is 58.6 Å². The topological polar surface area (TPSA) is 137 Å². The number of ether oxygens (including phenoxy) is 1. The summed E-state index contributed by atoms with van der Waals surface area (Å²) in [5.74, 6) is -4.10. The van der Waals surface area contributed by atoms with Gasteiger partial charge in [-0.05, 0) is 67.3 Å². The molecule has 5 rings (SSSR count). The lowest BCUT2D eigenvalue weighted by Crippen LogP contribution is -2.45. The predicted octanol–water partition coefficient (Wildman–Crippen LogP) is 4.99. The molecule has 2 amide bonds. The number of nitriles is 1. The first-order valence-electron chi connectivity index (χ1n) is 14.2. The third kappa shape index (κ3) is 7.01. The van der Waals surface area contributed by atoms with Crippen LogP contribution in [-0.4, -0.2) is 52.2 Å². The Bertz CT molecular complexity index is 1670. The lowest BCUT2D eigenvalue weighted by atomic mass is 10.1. The summed E-state index contributed by atoms with van der Waals surface area (Å²) in [6, 6.07) is 12.2. The molecule has 2 aliphatic heterocycles. The fraction of sp³-hybridized carbons (Fsp3) is 0.312. The number of piperidine rings is 1. The van der Waals surface area contributed by atoms with Crippen LogP contribution < -0.4 is 15.4 Å². The second-order valence-electron chi connectivity index (χ2n) is 10.8. The number of primary amides is 1. The Labute approximate surface area is 261 Å². The normalized spacial score (nSPS) is 15.5. The minimum Gasteiger partial charge on any atom is -0.489 e. The number of fused-ring (bicyclic) bond motifs is 1. The van der Waals surface area contributed by atoms with Crippen LogP contribution in [0.1, 0.15) is 52.7 Å². The van der Waals surface area contributed by atoms with Gasteiger partial charge in [-0.3, -0.25) is 14.4 Å². The number of hydrogen-bond donors (Lipinski definition) is 2. The third-order valence-electron chi connectivity index (χ3n) is 7.89. The van der Waals surface area contributed by atoms with Crippen LogP contribution in [-0.2, 0) is 22.7 Å². The van der Waals surface area contributed by atoms with E-state index in [1.807, 2.05) is 11.0 Å². The van der Waals surface area contributed by atoms with Gasteiger partial charge in [0.2, 0.25) is 5.91 Å². The summed E-state index contributed by atoms with van der Waals surface area (Å²) < 4.78 is 50.6. The van der Waals surface area contributed by atoms with E-state index >= 15 is 8.78 Å². The van der Waals surface area contributed by atoms with Crippen LogP contribution >= 0.6 is 11.8 Å². The number of carbonyl (C=O) groups excluding carboxylic acids is 2. The molecule has 2 heterocycles. The highest BCUT2D eigenvalue weighted by atomic mass is 32.2. The highest BCUT2D eigenvalue weighted by molar-refractivity contribution is 8.00. The summed E-state index contributed by atoms with van der Waals surface area (Å²) >= 11 is 1.10. The molecule has 1 saturated heterocycles. The van der Waals surface area contributed by atoms with Gasteiger partial charge in [-0.1, -0.05) is 6.07 Å². The molecule has 1 unspecified atom stereocenters. The highest BCUT2D eigenvalue weighted by Crippen LogP contribution is 2.37. The number of nitrogens with zero attached hydrogens (tertiary/aromatic N) is 3. The maximum absolute atomic E-state index is 15.1. The minimum atomic E-state index is -1.12. The lowest BCUT2D eigenvalue weighted by Gasteiger charge is -2.33. The van der Waals surface area contributed by atoms with Crippen molar-refractivity contribution in [3.05, 3.63) is 88.2 Å². The van der Waals surface area contributed by atoms with Gasteiger partial charge in [0.1, 0.15) is 35.8 Å². The molecule has 0 saturated carbocycles. The van der Waals surface area contributed by atoms with Crippen molar-refractivity contribution in [2.75, 3.05) is 18.0 Å². The second-order valence-corrected chi connectivity index (χ2v) is 12.1. The number of rotatable bonds is 11. The van der Waals surface area contributed by atoms with Gasteiger partial charge in [0.25, 0.3) is 5.91 Å². The Morgan fingerprint density at radius 2 is 1.80 bits per heavy atom. The Hall–Kier alpha value is -4.70. The largest absolute Gasteiger partial charge is 0.489 e. The molecule has 3 aromatic rings. The monoisotopic (exact) mass is 638 g/mol. The molecule has 0 aromatic heterocycles. The zero-order chi connectivity index (χ0) is 32.2. The molecule has 13 heteroatoms.